The Kier molecular flexibility index (Phi) is 8.33. The maximum atomic E-state index is 12.0. The highest BCUT2D eigenvalue weighted by Gasteiger charge is 2.16. The van der Waals surface area contributed by atoms with E-state index in [2.05, 4.69) is 50.8 Å². The number of amides is 1. The third-order valence-electron chi connectivity index (χ3n) is 3.95. The van der Waals surface area contributed by atoms with Gasteiger partial charge in [-0.25, -0.2) is 0 Å². The van der Waals surface area contributed by atoms with E-state index in [-0.39, 0.29) is 18.1 Å². The van der Waals surface area contributed by atoms with Crippen molar-refractivity contribution in [1.82, 2.24) is 10.6 Å². The molecule has 0 heterocycles. The zero-order valence-corrected chi connectivity index (χ0v) is 18.6. The van der Waals surface area contributed by atoms with Crippen molar-refractivity contribution in [2.45, 2.75) is 39.3 Å². The molecular weight excluding hydrogens is 420 g/mol. The molecule has 0 saturated heterocycles. The Bertz CT molecular complexity index is 773. The number of halogens is 1. The van der Waals surface area contributed by atoms with Crippen LogP contribution in [-0.4, -0.2) is 31.7 Å². The molecule has 0 aliphatic heterocycles. The van der Waals surface area contributed by atoms with Crippen molar-refractivity contribution in [3.8, 4) is 11.5 Å². The highest BCUT2D eigenvalue weighted by atomic mass is 79.9. The van der Waals surface area contributed by atoms with Crippen LogP contribution in [0.4, 0.5) is 0 Å². The van der Waals surface area contributed by atoms with Gasteiger partial charge in [-0.3, -0.25) is 4.79 Å². The molecular formula is C22H29BrN2O3. The first kappa shape index (κ1) is 22.2. The number of hydrogen-bond acceptors (Lipinski definition) is 4. The van der Waals surface area contributed by atoms with Crippen LogP contribution in [0, 0.1) is 0 Å². The van der Waals surface area contributed by atoms with Gasteiger partial charge in [0, 0.05) is 16.6 Å². The maximum Gasteiger partial charge on any atom is 0.258 e. The standard InChI is InChI=1S/C22H29BrN2O3/c1-22(2,3)25-21(26)15-28-20-13-18(23)17(12-19(20)27-4)14-24-11-10-16-8-6-5-7-9-16/h5-9,12-13,24H,10-11,14-15H2,1-4H3,(H,25,26). The number of carbonyl (C=O) groups excluding carboxylic acids is 1. The molecule has 152 valence electrons. The highest BCUT2D eigenvalue weighted by molar-refractivity contribution is 9.10. The summed E-state index contributed by atoms with van der Waals surface area (Å²) in [7, 11) is 1.60. The van der Waals surface area contributed by atoms with Gasteiger partial charge in [0.25, 0.3) is 5.91 Å². The molecule has 0 aromatic heterocycles. The van der Waals surface area contributed by atoms with E-state index in [4.69, 9.17) is 9.47 Å². The summed E-state index contributed by atoms with van der Waals surface area (Å²) in [6, 6.07) is 14.2. The molecule has 1 amide bonds. The van der Waals surface area contributed by atoms with Gasteiger partial charge >= 0.3 is 0 Å². The normalized spacial score (nSPS) is 11.2. The summed E-state index contributed by atoms with van der Waals surface area (Å²) in [6.07, 6.45) is 0.972. The average molecular weight is 449 g/mol. The molecule has 2 aromatic rings. The van der Waals surface area contributed by atoms with Crippen molar-refractivity contribution in [3.05, 3.63) is 58.1 Å². The lowest BCUT2D eigenvalue weighted by molar-refractivity contribution is -0.124. The van der Waals surface area contributed by atoms with Crippen LogP contribution in [0.15, 0.2) is 46.9 Å². The maximum absolute atomic E-state index is 12.0. The number of hydrogen-bond donors (Lipinski definition) is 2. The third kappa shape index (κ3) is 7.52. The van der Waals surface area contributed by atoms with Crippen LogP contribution in [0.5, 0.6) is 11.5 Å². The van der Waals surface area contributed by atoms with Gasteiger partial charge < -0.3 is 20.1 Å². The summed E-state index contributed by atoms with van der Waals surface area (Å²) in [6.45, 7) is 7.32. The quantitative estimate of drug-likeness (QED) is 0.567. The molecule has 0 aliphatic rings. The Labute approximate surface area is 175 Å². The van der Waals surface area contributed by atoms with Crippen LogP contribution < -0.4 is 20.1 Å². The number of nitrogens with one attached hydrogen (secondary N) is 2. The molecule has 5 nitrogen and oxygen atoms in total. The molecule has 2 N–H and O–H groups in total. The second kappa shape index (κ2) is 10.5. The monoisotopic (exact) mass is 448 g/mol. The van der Waals surface area contributed by atoms with Gasteiger partial charge in [0.2, 0.25) is 0 Å². The first-order valence-corrected chi connectivity index (χ1v) is 10.1. The fourth-order valence-electron chi connectivity index (χ4n) is 2.68. The second-order valence-electron chi connectivity index (χ2n) is 7.59. The molecule has 0 saturated carbocycles. The molecule has 0 aliphatic carbocycles. The van der Waals surface area contributed by atoms with E-state index in [9.17, 15) is 4.79 Å². The van der Waals surface area contributed by atoms with Gasteiger partial charge in [-0.2, -0.15) is 0 Å². The molecule has 0 unspecified atom stereocenters. The van der Waals surface area contributed by atoms with Crippen LogP contribution in [0.3, 0.4) is 0 Å². The van der Waals surface area contributed by atoms with Crippen LogP contribution in [0.25, 0.3) is 0 Å². The van der Waals surface area contributed by atoms with Crippen molar-refractivity contribution < 1.29 is 14.3 Å². The lowest BCUT2D eigenvalue weighted by atomic mass is 10.1. The fourth-order valence-corrected chi connectivity index (χ4v) is 3.15. The summed E-state index contributed by atoms with van der Waals surface area (Å²) in [5, 5.41) is 6.32. The molecule has 0 radical (unpaired) electrons. The molecule has 2 rings (SSSR count). The summed E-state index contributed by atoms with van der Waals surface area (Å²) in [5.41, 5.74) is 2.08. The molecule has 0 spiro atoms. The van der Waals surface area contributed by atoms with E-state index in [0.29, 0.717) is 18.0 Å². The molecule has 0 bridgehead atoms. The van der Waals surface area contributed by atoms with E-state index in [1.807, 2.05) is 39.0 Å². The van der Waals surface area contributed by atoms with E-state index < -0.39 is 0 Å². The lowest BCUT2D eigenvalue weighted by Crippen LogP contribution is -2.43. The van der Waals surface area contributed by atoms with Crippen molar-refractivity contribution in [3.63, 3.8) is 0 Å². The predicted molar refractivity (Wildman–Crippen MR) is 116 cm³/mol. The molecule has 0 fully saturated rings. The minimum Gasteiger partial charge on any atom is -0.493 e. The molecule has 28 heavy (non-hydrogen) atoms. The number of ether oxygens (including phenoxy) is 2. The summed E-state index contributed by atoms with van der Waals surface area (Å²) in [5.74, 6) is 0.968. The minimum absolute atomic E-state index is 0.0608. The Hall–Kier alpha value is -2.05. The smallest absolute Gasteiger partial charge is 0.258 e. The van der Waals surface area contributed by atoms with Crippen molar-refractivity contribution >= 4 is 21.8 Å². The first-order valence-electron chi connectivity index (χ1n) is 9.33. The average Bonchev–Trinajstić information content (AvgIpc) is 2.64. The van der Waals surface area contributed by atoms with Gasteiger partial charge in [0.15, 0.2) is 18.1 Å². The van der Waals surface area contributed by atoms with E-state index in [1.165, 1.54) is 5.56 Å². The van der Waals surface area contributed by atoms with Gasteiger partial charge in [-0.15, -0.1) is 0 Å². The Morgan fingerprint density at radius 2 is 1.82 bits per heavy atom. The predicted octanol–water partition coefficient (Wildman–Crippen LogP) is 4.08. The molecule has 2 aromatic carbocycles. The summed E-state index contributed by atoms with van der Waals surface area (Å²) >= 11 is 3.59. The lowest BCUT2D eigenvalue weighted by Gasteiger charge is -2.21. The second-order valence-corrected chi connectivity index (χ2v) is 8.45. The van der Waals surface area contributed by atoms with Crippen LogP contribution in [-0.2, 0) is 17.8 Å². The van der Waals surface area contributed by atoms with Crippen LogP contribution in [0.1, 0.15) is 31.9 Å². The van der Waals surface area contributed by atoms with Crippen LogP contribution in [0.2, 0.25) is 0 Å². The topological polar surface area (TPSA) is 59.6 Å². The van der Waals surface area contributed by atoms with Crippen molar-refractivity contribution in [2.24, 2.45) is 0 Å². The van der Waals surface area contributed by atoms with Crippen molar-refractivity contribution in [2.75, 3.05) is 20.3 Å². The van der Waals surface area contributed by atoms with E-state index in [0.717, 1.165) is 23.0 Å². The van der Waals surface area contributed by atoms with Gasteiger partial charge in [-0.05, 0) is 57.0 Å². The number of carbonyl (C=O) groups is 1. The summed E-state index contributed by atoms with van der Waals surface area (Å²) in [4.78, 5) is 12.0. The van der Waals surface area contributed by atoms with Crippen molar-refractivity contribution in [1.29, 1.82) is 0 Å². The third-order valence-corrected chi connectivity index (χ3v) is 4.69. The Morgan fingerprint density at radius 1 is 1.11 bits per heavy atom. The first-order chi connectivity index (χ1) is 13.3. The Balaban J connectivity index is 1.91. The zero-order valence-electron chi connectivity index (χ0n) is 17.0. The van der Waals surface area contributed by atoms with Gasteiger partial charge in [0.05, 0.1) is 7.11 Å². The Morgan fingerprint density at radius 3 is 2.46 bits per heavy atom. The van der Waals surface area contributed by atoms with Crippen LogP contribution >= 0.6 is 15.9 Å². The zero-order chi connectivity index (χ0) is 20.6. The molecule has 6 heteroatoms. The highest BCUT2D eigenvalue weighted by Crippen LogP contribution is 2.33. The molecule has 0 atom stereocenters. The van der Waals surface area contributed by atoms with E-state index in [1.54, 1.807) is 7.11 Å². The number of benzene rings is 2. The summed E-state index contributed by atoms with van der Waals surface area (Å²) < 4.78 is 12.0. The van der Waals surface area contributed by atoms with E-state index >= 15 is 0 Å². The largest absolute Gasteiger partial charge is 0.493 e. The van der Waals surface area contributed by atoms with Gasteiger partial charge in [0.1, 0.15) is 0 Å². The number of methoxy groups -OCH3 is 1. The minimum atomic E-state index is -0.291. The fraction of sp³-hybridized carbons (Fsp3) is 0.409. The SMILES string of the molecule is COc1cc(CNCCc2ccccc2)c(Br)cc1OCC(=O)NC(C)(C)C. The number of rotatable bonds is 9. The van der Waals surface area contributed by atoms with Gasteiger partial charge in [-0.1, -0.05) is 46.3 Å².